The van der Waals surface area contributed by atoms with Gasteiger partial charge in [0.2, 0.25) is 0 Å². The Hall–Kier alpha value is -1.68. The van der Waals surface area contributed by atoms with Crippen LogP contribution in [-0.4, -0.2) is 17.4 Å². The predicted molar refractivity (Wildman–Crippen MR) is 77.1 cm³/mol. The van der Waals surface area contributed by atoms with Gasteiger partial charge in [0, 0.05) is 18.7 Å². The molecule has 0 amide bonds. The van der Waals surface area contributed by atoms with Crippen molar-refractivity contribution in [1.82, 2.24) is 4.98 Å². The summed E-state index contributed by atoms with van der Waals surface area (Å²) in [7, 11) is 0. The maximum atomic E-state index is 11.1. The monoisotopic (exact) mass is 275 g/mol. The molecule has 4 heteroatoms. The van der Waals surface area contributed by atoms with Crippen LogP contribution in [0.15, 0.2) is 29.6 Å². The molecule has 0 fully saturated rings. The molecule has 0 spiro atoms. The smallest absolute Gasteiger partial charge is 0.178 e. The lowest BCUT2D eigenvalue weighted by molar-refractivity contribution is 0.101. The van der Waals surface area contributed by atoms with Crippen LogP contribution in [-0.2, 0) is 12.8 Å². The molecule has 0 aliphatic carbocycles. The third-order valence-corrected chi connectivity index (χ3v) is 3.71. The van der Waals surface area contributed by atoms with Crippen LogP contribution in [0.4, 0.5) is 0 Å². The second kappa shape index (κ2) is 6.48. The van der Waals surface area contributed by atoms with E-state index in [0.717, 1.165) is 23.6 Å². The van der Waals surface area contributed by atoms with Crippen LogP contribution in [0, 0.1) is 0 Å². The van der Waals surface area contributed by atoms with E-state index in [1.165, 1.54) is 23.8 Å². The molecule has 1 aromatic carbocycles. The van der Waals surface area contributed by atoms with Gasteiger partial charge in [0.15, 0.2) is 5.78 Å². The summed E-state index contributed by atoms with van der Waals surface area (Å²) in [5, 5.41) is 2.74. The number of hydrogen-bond acceptors (Lipinski definition) is 4. The fourth-order valence-corrected chi connectivity index (χ4v) is 2.52. The number of aromatic nitrogens is 1. The summed E-state index contributed by atoms with van der Waals surface area (Å²) >= 11 is 1.51. The Balaban J connectivity index is 1.86. The van der Waals surface area contributed by atoms with E-state index in [9.17, 15) is 4.79 Å². The number of Topliss-reactive ketones (excluding diaryl/α,β-unsaturated/α-hetero) is 1. The molecule has 0 unspecified atom stereocenters. The maximum absolute atomic E-state index is 11.1. The van der Waals surface area contributed by atoms with Gasteiger partial charge in [-0.2, -0.15) is 0 Å². The summed E-state index contributed by atoms with van der Waals surface area (Å²) in [6, 6.07) is 8.11. The van der Waals surface area contributed by atoms with E-state index >= 15 is 0 Å². The van der Waals surface area contributed by atoms with Crippen LogP contribution < -0.4 is 4.74 Å². The van der Waals surface area contributed by atoms with Crippen LogP contribution in [0.1, 0.15) is 34.9 Å². The summed E-state index contributed by atoms with van der Waals surface area (Å²) in [5.74, 6) is 0.904. The van der Waals surface area contributed by atoms with Crippen molar-refractivity contribution >= 4 is 17.1 Å². The van der Waals surface area contributed by atoms with Gasteiger partial charge in [0.25, 0.3) is 0 Å². The van der Waals surface area contributed by atoms with Crippen LogP contribution in [0.3, 0.4) is 0 Å². The number of carbonyl (C=O) groups is 1. The number of thiazole rings is 1. The van der Waals surface area contributed by atoms with Crippen LogP contribution in [0.2, 0.25) is 0 Å². The van der Waals surface area contributed by atoms with E-state index in [1.807, 2.05) is 12.1 Å². The molecule has 0 bridgehead atoms. The molecular formula is C15H17NO2S. The zero-order valence-electron chi connectivity index (χ0n) is 11.2. The summed E-state index contributed by atoms with van der Waals surface area (Å²) in [6.45, 7) is 4.24. The topological polar surface area (TPSA) is 39.2 Å². The number of carbonyl (C=O) groups excluding carboxylic acids is 1. The first-order valence-corrected chi connectivity index (χ1v) is 7.24. The van der Waals surface area contributed by atoms with Gasteiger partial charge < -0.3 is 4.74 Å². The van der Waals surface area contributed by atoms with Crippen molar-refractivity contribution in [1.29, 1.82) is 0 Å². The van der Waals surface area contributed by atoms with E-state index in [1.54, 1.807) is 5.38 Å². The minimum atomic E-state index is 0.0130. The molecule has 0 aliphatic rings. The molecule has 19 heavy (non-hydrogen) atoms. The SMILES string of the molecule is CCc1cccc(OCCc2nc(C(C)=O)cs2)c1. The molecule has 1 aromatic heterocycles. The standard InChI is InChI=1S/C15H17NO2S/c1-3-12-5-4-6-13(9-12)18-8-7-15-16-14(10-19-15)11(2)17/h4-6,9-10H,3,7-8H2,1-2H3. The zero-order chi connectivity index (χ0) is 13.7. The minimum absolute atomic E-state index is 0.0130. The average Bonchev–Trinajstić information content (AvgIpc) is 2.88. The second-order valence-corrected chi connectivity index (χ2v) is 5.22. The third kappa shape index (κ3) is 3.89. The quantitative estimate of drug-likeness (QED) is 0.757. The van der Waals surface area contributed by atoms with E-state index in [-0.39, 0.29) is 5.78 Å². The predicted octanol–water partition coefficient (Wildman–Crippen LogP) is 3.53. The summed E-state index contributed by atoms with van der Waals surface area (Å²) in [5.41, 5.74) is 1.82. The third-order valence-electron chi connectivity index (χ3n) is 2.80. The lowest BCUT2D eigenvalue weighted by Crippen LogP contribution is -2.02. The van der Waals surface area contributed by atoms with Gasteiger partial charge in [-0.3, -0.25) is 4.79 Å². The summed E-state index contributed by atoms with van der Waals surface area (Å²) in [4.78, 5) is 15.4. The number of rotatable bonds is 6. The van der Waals surface area contributed by atoms with Crippen molar-refractivity contribution in [3.63, 3.8) is 0 Å². The van der Waals surface area contributed by atoms with Gasteiger partial charge in [-0.05, 0) is 24.1 Å². The van der Waals surface area contributed by atoms with Gasteiger partial charge in [-0.1, -0.05) is 19.1 Å². The van der Waals surface area contributed by atoms with Crippen molar-refractivity contribution in [2.24, 2.45) is 0 Å². The zero-order valence-corrected chi connectivity index (χ0v) is 12.0. The first-order chi connectivity index (χ1) is 9.19. The highest BCUT2D eigenvalue weighted by Gasteiger charge is 2.06. The Morgan fingerprint density at radius 2 is 2.26 bits per heavy atom. The summed E-state index contributed by atoms with van der Waals surface area (Å²) < 4.78 is 5.70. The normalized spacial score (nSPS) is 10.4. The van der Waals surface area contributed by atoms with Crippen LogP contribution in [0.25, 0.3) is 0 Å². The van der Waals surface area contributed by atoms with Crippen LogP contribution >= 0.6 is 11.3 Å². The molecule has 0 N–H and O–H groups in total. The van der Waals surface area contributed by atoms with Gasteiger partial charge in [-0.25, -0.2) is 4.98 Å². The average molecular weight is 275 g/mol. The maximum Gasteiger partial charge on any atom is 0.178 e. The van der Waals surface area contributed by atoms with E-state index in [2.05, 4.69) is 24.0 Å². The highest BCUT2D eigenvalue weighted by molar-refractivity contribution is 7.09. The molecule has 0 aliphatic heterocycles. The van der Waals surface area contributed by atoms with Gasteiger partial charge >= 0.3 is 0 Å². The summed E-state index contributed by atoms with van der Waals surface area (Å²) in [6.07, 6.45) is 1.74. The first-order valence-electron chi connectivity index (χ1n) is 6.36. The van der Waals surface area contributed by atoms with Gasteiger partial charge in [0.05, 0.1) is 11.6 Å². The number of ether oxygens (including phenoxy) is 1. The Bertz CT molecular complexity index is 563. The van der Waals surface area contributed by atoms with Crippen molar-refractivity contribution < 1.29 is 9.53 Å². The molecule has 0 atom stereocenters. The largest absolute Gasteiger partial charge is 0.493 e. The van der Waals surface area contributed by atoms with Crippen LogP contribution in [0.5, 0.6) is 5.75 Å². The Labute approximate surface area is 117 Å². The molecule has 0 radical (unpaired) electrons. The Morgan fingerprint density at radius 3 is 2.95 bits per heavy atom. The first kappa shape index (κ1) is 13.7. The molecule has 1 heterocycles. The van der Waals surface area contributed by atoms with Crippen molar-refractivity contribution in [2.75, 3.05) is 6.61 Å². The highest BCUT2D eigenvalue weighted by atomic mass is 32.1. The number of nitrogens with zero attached hydrogens (tertiary/aromatic N) is 1. The minimum Gasteiger partial charge on any atom is -0.493 e. The second-order valence-electron chi connectivity index (χ2n) is 4.28. The van der Waals surface area contributed by atoms with Gasteiger partial charge in [-0.15, -0.1) is 11.3 Å². The lowest BCUT2D eigenvalue weighted by atomic mass is 10.2. The highest BCUT2D eigenvalue weighted by Crippen LogP contribution is 2.15. The van der Waals surface area contributed by atoms with E-state index < -0.39 is 0 Å². The lowest BCUT2D eigenvalue weighted by Gasteiger charge is -2.06. The molecule has 2 rings (SSSR count). The number of ketones is 1. The molecule has 2 aromatic rings. The fraction of sp³-hybridized carbons (Fsp3) is 0.333. The Kier molecular flexibility index (Phi) is 4.68. The molecule has 0 saturated heterocycles. The van der Waals surface area contributed by atoms with E-state index in [0.29, 0.717) is 12.3 Å². The molecule has 0 saturated carbocycles. The number of aryl methyl sites for hydroxylation is 1. The van der Waals surface area contributed by atoms with Gasteiger partial charge in [0.1, 0.15) is 11.4 Å². The molecule has 3 nitrogen and oxygen atoms in total. The van der Waals surface area contributed by atoms with Crippen molar-refractivity contribution in [3.8, 4) is 5.75 Å². The van der Waals surface area contributed by atoms with Crippen molar-refractivity contribution in [3.05, 3.63) is 45.9 Å². The fourth-order valence-electron chi connectivity index (χ4n) is 1.70. The molecular weight excluding hydrogens is 258 g/mol. The molecule has 100 valence electrons. The van der Waals surface area contributed by atoms with Crippen molar-refractivity contribution in [2.45, 2.75) is 26.7 Å². The number of hydrogen-bond donors (Lipinski definition) is 0. The Morgan fingerprint density at radius 1 is 1.42 bits per heavy atom. The number of benzene rings is 1. The van der Waals surface area contributed by atoms with E-state index in [4.69, 9.17) is 4.74 Å².